The molecular weight excluding hydrogens is 194 g/mol. The first-order valence-corrected chi connectivity index (χ1v) is 5.62. The minimum atomic E-state index is 0.556. The lowest BCUT2D eigenvalue weighted by molar-refractivity contribution is 0.542. The first-order chi connectivity index (χ1) is 6.74. The van der Waals surface area contributed by atoms with Crippen molar-refractivity contribution in [3.05, 3.63) is 34.9 Å². The van der Waals surface area contributed by atoms with Gasteiger partial charge in [-0.15, -0.1) is 0 Å². The van der Waals surface area contributed by atoms with Crippen molar-refractivity contribution in [1.29, 1.82) is 0 Å². The first kappa shape index (κ1) is 10.0. The summed E-state index contributed by atoms with van der Waals surface area (Å²) >= 11 is 5.93. The average Bonchev–Trinajstić information content (AvgIpc) is 2.87. The Morgan fingerprint density at radius 3 is 2.93 bits per heavy atom. The molecule has 1 atom stereocenters. The Morgan fingerprint density at radius 2 is 2.29 bits per heavy atom. The van der Waals surface area contributed by atoms with E-state index in [4.69, 9.17) is 11.6 Å². The van der Waals surface area contributed by atoms with E-state index in [1.54, 1.807) is 0 Å². The zero-order valence-corrected chi connectivity index (χ0v) is 9.22. The minimum Gasteiger partial charge on any atom is -0.311 e. The van der Waals surface area contributed by atoms with Crippen molar-refractivity contribution in [3.8, 4) is 0 Å². The summed E-state index contributed by atoms with van der Waals surface area (Å²) < 4.78 is 0. The maximum absolute atomic E-state index is 5.93. The number of halogens is 1. The number of rotatable bonds is 4. The molecule has 1 aliphatic rings. The second-order valence-electron chi connectivity index (χ2n) is 4.18. The highest BCUT2D eigenvalue weighted by molar-refractivity contribution is 6.30. The molecule has 2 heteroatoms. The van der Waals surface area contributed by atoms with Crippen LogP contribution in [0.15, 0.2) is 24.3 Å². The average molecular weight is 210 g/mol. The summed E-state index contributed by atoms with van der Waals surface area (Å²) in [5, 5.41) is 4.41. The molecule has 14 heavy (non-hydrogen) atoms. The van der Waals surface area contributed by atoms with E-state index >= 15 is 0 Å². The zero-order valence-electron chi connectivity index (χ0n) is 8.46. The van der Waals surface area contributed by atoms with Gasteiger partial charge in [0.2, 0.25) is 0 Å². The topological polar surface area (TPSA) is 12.0 Å². The van der Waals surface area contributed by atoms with Crippen LogP contribution in [0.2, 0.25) is 5.02 Å². The number of hydrogen-bond acceptors (Lipinski definition) is 1. The molecular formula is C12H16ClN. The third-order valence-electron chi connectivity index (χ3n) is 2.53. The molecule has 0 saturated heterocycles. The van der Waals surface area contributed by atoms with Crippen LogP contribution in [0.4, 0.5) is 0 Å². The third-order valence-corrected chi connectivity index (χ3v) is 2.76. The van der Waals surface area contributed by atoms with Crippen LogP contribution >= 0.6 is 11.6 Å². The van der Waals surface area contributed by atoms with E-state index in [-0.39, 0.29) is 0 Å². The Balaban J connectivity index is 1.88. The van der Waals surface area contributed by atoms with E-state index in [9.17, 15) is 0 Å². The van der Waals surface area contributed by atoms with Crippen molar-refractivity contribution >= 4 is 11.6 Å². The molecule has 1 aromatic carbocycles. The molecule has 1 unspecified atom stereocenters. The van der Waals surface area contributed by atoms with E-state index in [0.717, 1.165) is 17.5 Å². The van der Waals surface area contributed by atoms with Crippen molar-refractivity contribution in [2.75, 3.05) is 0 Å². The molecule has 1 nitrogen and oxygen atoms in total. The van der Waals surface area contributed by atoms with Crippen LogP contribution in [0, 0.1) is 0 Å². The third kappa shape index (κ3) is 3.00. The van der Waals surface area contributed by atoms with Crippen molar-refractivity contribution in [3.63, 3.8) is 0 Å². The lowest BCUT2D eigenvalue weighted by Gasteiger charge is -2.13. The van der Waals surface area contributed by atoms with E-state index < -0.39 is 0 Å². The molecule has 1 fully saturated rings. The van der Waals surface area contributed by atoms with E-state index in [2.05, 4.69) is 18.3 Å². The summed E-state index contributed by atoms with van der Waals surface area (Å²) in [5.74, 6) is 0. The van der Waals surface area contributed by atoms with Crippen LogP contribution in [-0.4, -0.2) is 12.1 Å². The Kier molecular flexibility index (Phi) is 3.09. The number of benzene rings is 1. The van der Waals surface area contributed by atoms with Gasteiger partial charge in [-0.2, -0.15) is 0 Å². The van der Waals surface area contributed by atoms with Gasteiger partial charge in [0.25, 0.3) is 0 Å². The van der Waals surface area contributed by atoms with Crippen molar-refractivity contribution < 1.29 is 0 Å². The smallest absolute Gasteiger partial charge is 0.0408 e. The molecule has 76 valence electrons. The van der Waals surface area contributed by atoms with Crippen molar-refractivity contribution in [2.45, 2.75) is 38.3 Å². The molecule has 0 radical (unpaired) electrons. The maximum atomic E-state index is 5.93. The highest BCUT2D eigenvalue weighted by Crippen LogP contribution is 2.20. The molecule has 1 N–H and O–H groups in total. The Bertz CT molecular complexity index is 307. The molecule has 0 spiro atoms. The van der Waals surface area contributed by atoms with Crippen LogP contribution in [0.1, 0.15) is 25.3 Å². The van der Waals surface area contributed by atoms with Gasteiger partial charge in [-0.25, -0.2) is 0 Å². The summed E-state index contributed by atoms with van der Waals surface area (Å²) in [6.07, 6.45) is 3.76. The molecule has 0 bridgehead atoms. The summed E-state index contributed by atoms with van der Waals surface area (Å²) in [7, 11) is 0. The van der Waals surface area contributed by atoms with Gasteiger partial charge in [0.05, 0.1) is 0 Å². The minimum absolute atomic E-state index is 0.556. The highest BCUT2D eigenvalue weighted by Gasteiger charge is 2.22. The Hall–Kier alpha value is -0.530. The molecule has 0 amide bonds. The predicted octanol–water partition coefficient (Wildman–Crippen LogP) is 3.02. The van der Waals surface area contributed by atoms with Gasteiger partial charge >= 0.3 is 0 Å². The van der Waals surface area contributed by atoms with Gasteiger partial charge in [-0.3, -0.25) is 0 Å². The van der Waals surface area contributed by atoms with E-state index in [1.165, 1.54) is 18.4 Å². The molecule has 1 aliphatic carbocycles. The van der Waals surface area contributed by atoms with Crippen LogP contribution in [-0.2, 0) is 6.42 Å². The van der Waals surface area contributed by atoms with Crippen molar-refractivity contribution in [1.82, 2.24) is 5.32 Å². The summed E-state index contributed by atoms with van der Waals surface area (Å²) in [5.41, 5.74) is 1.32. The quantitative estimate of drug-likeness (QED) is 0.804. The van der Waals surface area contributed by atoms with Gasteiger partial charge < -0.3 is 5.32 Å². The number of nitrogens with one attached hydrogen (secondary N) is 1. The normalized spacial score (nSPS) is 18.1. The van der Waals surface area contributed by atoms with Crippen LogP contribution in [0.25, 0.3) is 0 Å². The fraction of sp³-hybridized carbons (Fsp3) is 0.500. The Labute approximate surface area is 90.5 Å². The SMILES string of the molecule is CC(Cc1cccc(Cl)c1)NC1CC1. The molecule has 2 rings (SSSR count). The van der Waals surface area contributed by atoms with E-state index in [0.29, 0.717) is 6.04 Å². The lowest BCUT2D eigenvalue weighted by Crippen LogP contribution is -2.29. The predicted molar refractivity (Wildman–Crippen MR) is 60.8 cm³/mol. The van der Waals surface area contributed by atoms with Gasteiger partial charge in [-0.1, -0.05) is 23.7 Å². The molecule has 0 aromatic heterocycles. The van der Waals surface area contributed by atoms with Crippen LogP contribution in [0.5, 0.6) is 0 Å². The summed E-state index contributed by atoms with van der Waals surface area (Å²) in [6.45, 7) is 2.24. The van der Waals surface area contributed by atoms with E-state index in [1.807, 2.05) is 18.2 Å². The molecule has 0 aliphatic heterocycles. The second-order valence-corrected chi connectivity index (χ2v) is 4.61. The van der Waals surface area contributed by atoms with Crippen LogP contribution < -0.4 is 5.32 Å². The molecule has 1 saturated carbocycles. The van der Waals surface area contributed by atoms with Crippen molar-refractivity contribution in [2.24, 2.45) is 0 Å². The lowest BCUT2D eigenvalue weighted by atomic mass is 10.1. The zero-order chi connectivity index (χ0) is 9.97. The standard InChI is InChI=1S/C12H16ClN/c1-9(14-12-5-6-12)7-10-3-2-4-11(13)8-10/h2-4,8-9,12,14H,5-7H2,1H3. The maximum Gasteiger partial charge on any atom is 0.0408 e. The molecule has 0 heterocycles. The van der Waals surface area contributed by atoms with Gasteiger partial charge in [0.15, 0.2) is 0 Å². The highest BCUT2D eigenvalue weighted by atomic mass is 35.5. The van der Waals surface area contributed by atoms with Gasteiger partial charge in [0.1, 0.15) is 0 Å². The fourth-order valence-corrected chi connectivity index (χ4v) is 1.94. The van der Waals surface area contributed by atoms with Gasteiger partial charge in [0, 0.05) is 17.1 Å². The number of hydrogen-bond donors (Lipinski definition) is 1. The van der Waals surface area contributed by atoms with Crippen LogP contribution in [0.3, 0.4) is 0 Å². The summed E-state index contributed by atoms with van der Waals surface area (Å²) in [4.78, 5) is 0. The van der Waals surface area contributed by atoms with Gasteiger partial charge in [-0.05, 0) is 43.9 Å². The first-order valence-electron chi connectivity index (χ1n) is 5.24. The fourth-order valence-electron chi connectivity index (χ4n) is 1.73. The Morgan fingerprint density at radius 1 is 1.50 bits per heavy atom. The second kappa shape index (κ2) is 4.33. The molecule has 1 aromatic rings. The monoisotopic (exact) mass is 209 g/mol. The summed E-state index contributed by atoms with van der Waals surface area (Å²) in [6, 6.07) is 9.46. The largest absolute Gasteiger partial charge is 0.311 e.